The molecule has 3 rings (SSSR count). The minimum atomic E-state index is -0.650. The zero-order valence-corrected chi connectivity index (χ0v) is 10.2. The highest BCUT2D eigenvalue weighted by Gasteiger charge is 2.34. The number of carbonyl (C=O) groups is 1. The van der Waals surface area contributed by atoms with Crippen LogP contribution in [0.15, 0.2) is 48.5 Å². The number of benzene rings is 2. The zero-order valence-electron chi connectivity index (χ0n) is 10.2. The van der Waals surface area contributed by atoms with Crippen molar-refractivity contribution in [1.29, 1.82) is 0 Å². The summed E-state index contributed by atoms with van der Waals surface area (Å²) in [5.74, 6) is -0.502. The topological polar surface area (TPSA) is 46.3 Å². The second-order valence-corrected chi connectivity index (χ2v) is 4.55. The standard InChI is InChI=1S/C15H13FN2O/c16-12-7-3-1-5-10(12)9-18-13-8-4-2-6-11(13)14(17)15(18)19/h1-8,14H,9,17H2. The van der Waals surface area contributed by atoms with Crippen molar-refractivity contribution >= 4 is 11.6 Å². The van der Waals surface area contributed by atoms with E-state index in [0.29, 0.717) is 5.56 Å². The normalized spacial score (nSPS) is 17.7. The van der Waals surface area contributed by atoms with Gasteiger partial charge < -0.3 is 10.6 Å². The zero-order chi connectivity index (χ0) is 13.4. The number of halogens is 1. The number of nitrogens with zero attached hydrogens (tertiary/aromatic N) is 1. The Morgan fingerprint density at radius 2 is 1.79 bits per heavy atom. The van der Waals surface area contributed by atoms with Gasteiger partial charge in [0.1, 0.15) is 11.9 Å². The molecule has 0 bridgehead atoms. The predicted molar refractivity (Wildman–Crippen MR) is 71.0 cm³/mol. The van der Waals surface area contributed by atoms with E-state index in [0.717, 1.165) is 11.3 Å². The van der Waals surface area contributed by atoms with E-state index in [2.05, 4.69) is 0 Å². The first-order valence-electron chi connectivity index (χ1n) is 6.08. The van der Waals surface area contributed by atoms with Crippen molar-refractivity contribution in [3.05, 3.63) is 65.5 Å². The highest BCUT2D eigenvalue weighted by Crippen LogP contribution is 2.35. The van der Waals surface area contributed by atoms with E-state index in [9.17, 15) is 9.18 Å². The average Bonchev–Trinajstić information content (AvgIpc) is 2.67. The van der Waals surface area contributed by atoms with E-state index in [-0.39, 0.29) is 18.3 Å². The molecular weight excluding hydrogens is 243 g/mol. The Morgan fingerprint density at radius 1 is 1.11 bits per heavy atom. The van der Waals surface area contributed by atoms with E-state index in [1.165, 1.54) is 6.07 Å². The van der Waals surface area contributed by atoms with Gasteiger partial charge in [-0.25, -0.2) is 4.39 Å². The lowest BCUT2D eigenvalue weighted by Crippen LogP contribution is -2.31. The molecule has 0 saturated heterocycles. The third-order valence-corrected chi connectivity index (χ3v) is 3.38. The molecule has 1 aliphatic heterocycles. The summed E-state index contributed by atoms with van der Waals surface area (Å²) < 4.78 is 13.7. The summed E-state index contributed by atoms with van der Waals surface area (Å²) in [6, 6.07) is 13.2. The Morgan fingerprint density at radius 3 is 2.58 bits per heavy atom. The third kappa shape index (κ3) is 1.90. The van der Waals surface area contributed by atoms with Gasteiger partial charge in [0.15, 0.2) is 0 Å². The van der Waals surface area contributed by atoms with Crippen molar-refractivity contribution < 1.29 is 9.18 Å². The van der Waals surface area contributed by atoms with Gasteiger partial charge in [0.05, 0.1) is 6.54 Å². The first-order valence-corrected chi connectivity index (χ1v) is 6.08. The van der Waals surface area contributed by atoms with Crippen molar-refractivity contribution in [2.45, 2.75) is 12.6 Å². The van der Waals surface area contributed by atoms with Crippen LogP contribution in [-0.4, -0.2) is 5.91 Å². The number of nitrogens with two attached hydrogens (primary N) is 1. The van der Waals surface area contributed by atoms with E-state index in [1.54, 1.807) is 23.1 Å². The molecule has 4 heteroatoms. The van der Waals surface area contributed by atoms with E-state index < -0.39 is 6.04 Å². The highest BCUT2D eigenvalue weighted by molar-refractivity contribution is 6.04. The smallest absolute Gasteiger partial charge is 0.248 e. The van der Waals surface area contributed by atoms with Crippen LogP contribution in [-0.2, 0) is 11.3 Å². The van der Waals surface area contributed by atoms with Crippen molar-refractivity contribution in [3.8, 4) is 0 Å². The van der Waals surface area contributed by atoms with Crippen LogP contribution in [0.5, 0.6) is 0 Å². The molecule has 0 radical (unpaired) electrons. The van der Waals surface area contributed by atoms with Gasteiger partial charge in [0, 0.05) is 16.8 Å². The monoisotopic (exact) mass is 256 g/mol. The number of rotatable bonds is 2. The molecule has 1 unspecified atom stereocenters. The summed E-state index contributed by atoms with van der Waals surface area (Å²) in [4.78, 5) is 13.7. The number of hydrogen-bond donors (Lipinski definition) is 1. The van der Waals surface area contributed by atoms with E-state index in [1.807, 2.05) is 24.3 Å². The van der Waals surface area contributed by atoms with Gasteiger partial charge in [-0.3, -0.25) is 4.79 Å². The van der Waals surface area contributed by atoms with Gasteiger partial charge in [0.2, 0.25) is 5.91 Å². The molecule has 1 aliphatic rings. The molecule has 2 N–H and O–H groups in total. The summed E-state index contributed by atoms with van der Waals surface area (Å²) in [5, 5.41) is 0. The number of fused-ring (bicyclic) bond motifs is 1. The lowest BCUT2D eigenvalue weighted by atomic mass is 10.1. The van der Waals surface area contributed by atoms with Crippen LogP contribution in [0, 0.1) is 5.82 Å². The summed E-state index contributed by atoms with van der Waals surface area (Å²) in [6.45, 7) is 0.205. The maximum atomic E-state index is 13.7. The molecule has 1 heterocycles. The number of hydrogen-bond acceptors (Lipinski definition) is 2. The number of carbonyl (C=O) groups excluding carboxylic acids is 1. The molecule has 0 fully saturated rings. The maximum Gasteiger partial charge on any atom is 0.248 e. The van der Waals surface area contributed by atoms with Crippen LogP contribution >= 0.6 is 0 Å². The second-order valence-electron chi connectivity index (χ2n) is 4.55. The van der Waals surface area contributed by atoms with E-state index in [4.69, 9.17) is 5.73 Å². The molecule has 0 saturated carbocycles. The van der Waals surface area contributed by atoms with Crippen molar-refractivity contribution in [1.82, 2.24) is 0 Å². The van der Waals surface area contributed by atoms with Crippen LogP contribution in [0.2, 0.25) is 0 Å². The molecule has 3 nitrogen and oxygen atoms in total. The molecule has 0 aliphatic carbocycles. The Balaban J connectivity index is 1.98. The molecule has 1 atom stereocenters. The Hall–Kier alpha value is -2.20. The molecular formula is C15H13FN2O. The molecule has 2 aromatic rings. The number of amides is 1. The Kier molecular flexibility index (Phi) is 2.80. The van der Waals surface area contributed by atoms with Crippen LogP contribution in [0.3, 0.4) is 0 Å². The summed E-state index contributed by atoms with van der Waals surface area (Å²) >= 11 is 0. The van der Waals surface area contributed by atoms with Crippen LogP contribution < -0.4 is 10.6 Å². The van der Waals surface area contributed by atoms with Gasteiger partial charge in [-0.15, -0.1) is 0 Å². The first kappa shape index (κ1) is 11.9. The first-order chi connectivity index (χ1) is 9.18. The predicted octanol–water partition coefficient (Wildman–Crippen LogP) is 2.37. The lowest BCUT2D eigenvalue weighted by Gasteiger charge is -2.18. The van der Waals surface area contributed by atoms with Gasteiger partial charge in [-0.05, 0) is 12.1 Å². The van der Waals surface area contributed by atoms with Crippen molar-refractivity contribution in [3.63, 3.8) is 0 Å². The van der Waals surface area contributed by atoms with Crippen molar-refractivity contribution in [2.75, 3.05) is 4.90 Å². The number of anilines is 1. The molecule has 96 valence electrons. The van der Waals surface area contributed by atoms with Crippen LogP contribution in [0.1, 0.15) is 17.2 Å². The van der Waals surface area contributed by atoms with Gasteiger partial charge in [0.25, 0.3) is 0 Å². The SMILES string of the molecule is NC1C(=O)N(Cc2ccccc2F)c2ccccc21. The maximum absolute atomic E-state index is 13.7. The summed E-state index contributed by atoms with van der Waals surface area (Å²) in [5.41, 5.74) is 7.94. The summed E-state index contributed by atoms with van der Waals surface area (Å²) in [6.07, 6.45) is 0. The largest absolute Gasteiger partial charge is 0.316 e. The van der Waals surface area contributed by atoms with Gasteiger partial charge in [-0.2, -0.15) is 0 Å². The van der Waals surface area contributed by atoms with Gasteiger partial charge >= 0.3 is 0 Å². The quantitative estimate of drug-likeness (QED) is 0.896. The van der Waals surface area contributed by atoms with E-state index >= 15 is 0 Å². The average molecular weight is 256 g/mol. The fourth-order valence-corrected chi connectivity index (χ4v) is 2.38. The highest BCUT2D eigenvalue weighted by atomic mass is 19.1. The van der Waals surface area contributed by atoms with Gasteiger partial charge in [-0.1, -0.05) is 36.4 Å². The Labute approximate surface area is 110 Å². The summed E-state index contributed by atoms with van der Waals surface area (Å²) in [7, 11) is 0. The Bertz CT molecular complexity index is 642. The van der Waals surface area contributed by atoms with Crippen LogP contribution in [0.25, 0.3) is 0 Å². The fraction of sp³-hybridized carbons (Fsp3) is 0.133. The second kappa shape index (κ2) is 4.48. The number of para-hydroxylation sites is 1. The fourth-order valence-electron chi connectivity index (χ4n) is 2.38. The molecule has 1 amide bonds. The molecule has 19 heavy (non-hydrogen) atoms. The minimum absolute atomic E-state index is 0.190. The minimum Gasteiger partial charge on any atom is -0.316 e. The molecule has 0 aromatic heterocycles. The third-order valence-electron chi connectivity index (χ3n) is 3.38. The lowest BCUT2D eigenvalue weighted by molar-refractivity contribution is -0.119. The molecule has 2 aromatic carbocycles. The van der Waals surface area contributed by atoms with Crippen molar-refractivity contribution in [2.24, 2.45) is 5.73 Å². The molecule has 0 spiro atoms. The van der Waals surface area contributed by atoms with Crippen LogP contribution in [0.4, 0.5) is 10.1 Å².